The van der Waals surface area contributed by atoms with Crippen LogP contribution in [0.5, 0.6) is 0 Å². The fourth-order valence-corrected chi connectivity index (χ4v) is 1.77. The predicted molar refractivity (Wildman–Crippen MR) is 69.5 cm³/mol. The monoisotopic (exact) mass is 270 g/mol. The molecule has 0 saturated carbocycles. The van der Waals surface area contributed by atoms with E-state index in [4.69, 9.17) is 4.74 Å². The lowest BCUT2D eigenvalue weighted by Gasteiger charge is -2.33. The molecule has 19 heavy (non-hydrogen) atoms. The van der Waals surface area contributed by atoms with Crippen molar-refractivity contribution in [2.75, 3.05) is 39.8 Å². The van der Waals surface area contributed by atoms with E-state index < -0.39 is 11.4 Å². The summed E-state index contributed by atoms with van der Waals surface area (Å²) in [6.07, 6.45) is 0. The SMILES string of the molecule is CCOC(=O)C(C)(C)C(=O)CN1CCN(C)C(=O)C1. The van der Waals surface area contributed by atoms with E-state index in [1.807, 2.05) is 0 Å². The van der Waals surface area contributed by atoms with Gasteiger partial charge in [-0.05, 0) is 20.8 Å². The molecule has 0 aromatic heterocycles. The summed E-state index contributed by atoms with van der Waals surface area (Å²) in [5.74, 6) is -0.739. The third-order valence-electron chi connectivity index (χ3n) is 3.39. The topological polar surface area (TPSA) is 66.9 Å². The molecule has 1 saturated heterocycles. The molecule has 1 aliphatic heterocycles. The number of carbonyl (C=O) groups excluding carboxylic acids is 3. The molecule has 6 heteroatoms. The van der Waals surface area contributed by atoms with Crippen LogP contribution < -0.4 is 0 Å². The van der Waals surface area contributed by atoms with Gasteiger partial charge >= 0.3 is 5.97 Å². The van der Waals surface area contributed by atoms with Crippen molar-refractivity contribution in [3.63, 3.8) is 0 Å². The second-order valence-corrected chi connectivity index (χ2v) is 5.29. The number of hydrogen-bond donors (Lipinski definition) is 0. The van der Waals surface area contributed by atoms with Crippen LogP contribution in [0.3, 0.4) is 0 Å². The first-order chi connectivity index (χ1) is 8.78. The van der Waals surface area contributed by atoms with Crippen molar-refractivity contribution in [2.24, 2.45) is 5.41 Å². The van der Waals surface area contributed by atoms with E-state index in [1.165, 1.54) is 0 Å². The quantitative estimate of drug-likeness (QED) is 0.516. The second-order valence-electron chi connectivity index (χ2n) is 5.29. The molecule has 0 aromatic rings. The molecule has 0 aromatic carbocycles. The Morgan fingerprint density at radius 1 is 1.32 bits per heavy atom. The highest BCUT2D eigenvalue weighted by Crippen LogP contribution is 2.20. The van der Waals surface area contributed by atoms with E-state index in [1.54, 1.807) is 37.6 Å². The number of likely N-dealkylation sites (N-methyl/N-ethyl adjacent to an activating group) is 1. The maximum Gasteiger partial charge on any atom is 0.319 e. The maximum atomic E-state index is 12.2. The fraction of sp³-hybridized carbons (Fsp3) is 0.769. The molecule has 0 N–H and O–H groups in total. The summed E-state index contributed by atoms with van der Waals surface area (Å²) >= 11 is 0. The summed E-state index contributed by atoms with van der Waals surface area (Å²) in [5, 5.41) is 0. The van der Waals surface area contributed by atoms with Gasteiger partial charge in [-0.25, -0.2) is 0 Å². The van der Waals surface area contributed by atoms with Crippen molar-refractivity contribution < 1.29 is 19.1 Å². The minimum atomic E-state index is -1.16. The van der Waals surface area contributed by atoms with Crippen LogP contribution in [0.4, 0.5) is 0 Å². The fourth-order valence-electron chi connectivity index (χ4n) is 1.77. The Kier molecular flexibility index (Phi) is 5.05. The van der Waals surface area contributed by atoms with Crippen LogP contribution in [-0.4, -0.2) is 67.3 Å². The highest BCUT2D eigenvalue weighted by Gasteiger charge is 2.38. The van der Waals surface area contributed by atoms with Crippen molar-refractivity contribution >= 4 is 17.7 Å². The van der Waals surface area contributed by atoms with Gasteiger partial charge in [-0.15, -0.1) is 0 Å². The molecule has 1 fully saturated rings. The zero-order valence-electron chi connectivity index (χ0n) is 12.1. The van der Waals surface area contributed by atoms with Crippen LogP contribution in [0.2, 0.25) is 0 Å². The third kappa shape index (κ3) is 3.76. The normalized spacial score (nSPS) is 17.5. The Labute approximate surface area is 113 Å². The molecule has 1 amide bonds. The van der Waals surface area contributed by atoms with Crippen molar-refractivity contribution in [2.45, 2.75) is 20.8 Å². The Balaban J connectivity index is 2.59. The molecule has 0 aliphatic carbocycles. The highest BCUT2D eigenvalue weighted by atomic mass is 16.5. The summed E-state index contributed by atoms with van der Waals surface area (Å²) in [6.45, 7) is 6.65. The van der Waals surface area contributed by atoms with Crippen molar-refractivity contribution in [3.05, 3.63) is 0 Å². The Morgan fingerprint density at radius 3 is 2.47 bits per heavy atom. The van der Waals surface area contributed by atoms with Crippen molar-refractivity contribution in [3.8, 4) is 0 Å². The van der Waals surface area contributed by atoms with Crippen LogP contribution >= 0.6 is 0 Å². The molecule has 0 radical (unpaired) electrons. The zero-order chi connectivity index (χ0) is 14.6. The molecular formula is C13H22N2O4. The number of carbonyl (C=O) groups is 3. The lowest BCUT2D eigenvalue weighted by Crippen LogP contribution is -2.52. The predicted octanol–water partition coefficient (Wildman–Crippen LogP) is -0.0812. The first-order valence-electron chi connectivity index (χ1n) is 6.46. The summed E-state index contributed by atoms with van der Waals surface area (Å²) in [6, 6.07) is 0. The molecular weight excluding hydrogens is 248 g/mol. The number of amides is 1. The van der Waals surface area contributed by atoms with E-state index in [-0.39, 0.29) is 31.4 Å². The molecule has 0 spiro atoms. The second kappa shape index (κ2) is 6.14. The lowest BCUT2D eigenvalue weighted by atomic mass is 9.87. The van der Waals surface area contributed by atoms with Gasteiger partial charge in [0.2, 0.25) is 5.91 Å². The molecule has 0 unspecified atom stereocenters. The number of hydrogen-bond acceptors (Lipinski definition) is 5. The molecule has 0 atom stereocenters. The van der Waals surface area contributed by atoms with Gasteiger partial charge < -0.3 is 9.64 Å². The van der Waals surface area contributed by atoms with E-state index >= 15 is 0 Å². The van der Waals surface area contributed by atoms with E-state index in [0.29, 0.717) is 13.1 Å². The minimum absolute atomic E-state index is 0.00649. The maximum absolute atomic E-state index is 12.2. The van der Waals surface area contributed by atoms with Crippen molar-refractivity contribution in [1.82, 2.24) is 9.80 Å². The summed E-state index contributed by atoms with van der Waals surface area (Å²) in [7, 11) is 1.74. The van der Waals surface area contributed by atoms with E-state index in [2.05, 4.69) is 0 Å². The van der Waals surface area contributed by atoms with Crippen LogP contribution in [-0.2, 0) is 19.1 Å². The van der Waals surface area contributed by atoms with E-state index in [9.17, 15) is 14.4 Å². The van der Waals surface area contributed by atoms with Crippen LogP contribution in [0, 0.1) is 5.41 Å². The molecule has 0 bridgehead atoms. The summed E-state index contributed by atoms with van der Waals surface area (Å²) in [5.41, 5.74) is -1.16. The highest BCUT2D eigenvalue weighted by molar-refractivity contribution is 6.04. The smallest absolute Gasteiger partial charge is 0.319 e. The van der Waals surface area contributed by atoms with Crippen LogP contribution in [0.1, 0.15) is 20.8 Å². The summed E-state index contributed by atoms with van der Waals surface area (Å²) in [4.78, 5) is 38.9. The van der Waals surface area contributed by atoms with Gasteiger partial charge in [-0.3, -0.25) is 19.3 Å². The zero-order valence-corrected chi connectivity index (χ0v) is 12.1. The number of piperazine rings is 1. The average molecular weight is 270 g/mol. The number of rotatable bonds is 5. The minimum Gasteiger partial charge on any atom is -0.465 e. The molecule has 1 heterocycles. The first kappa shape index (κ1) is 15.6. The van der Waals surface area contributed by atoms with Gasteiger partial charge in [0.1, 0.15) is 5.41 Å². The van der Waals surface area contributed by atoms with Gasteiger partial charge in [0.05, 0.1) is 19.7 Å². The Bertz CT molecular complexity index is 379. The standard InChI is InChI=1S/C13H22N2O4/c1-5-19-12(18)13(2,3)10(16)8-15-7-6-14(4)11(17)9-15/h5-9H2,1-4H3. The molecule has 1 rings (SSSR count). The number of ketones is 1. The van der Waals surface area contributed by atoms with Crippen LogP contribution in [0.15, 0.2) is 0 Å². The molecule has 6 nitrogen and oxygen atoms in total. The van der Waals surface area contributed by atoms with Crippen LogP contribution in [0.25, 0.3) is 0 Å². The number of esters is 1. The van der Waals surface area contributed by atoms with Crippen molar-refractivity contribution in [1.29, 1.82) is 0 Å². The molecule has 1 aliphatic rings. The number of nitrogens with zero attached hydrogens (tertiary/aromatic N) is 2. The van der Waals surface area contributed by atoms with Gasteiger partial charge in [-0.2, -0.15) is 0 Å². The third-order valence-corrected chi connectivity index (χ3v) is 3.39. The van der Waals surface area contributed by atoms with Gasteiger partial charge in [0.25, 0.3) is 0 Å². The van der Waals surface area contributed by atoms with Gasteiger partial charge in [0, 0.05) is 20.1 Å². The van der Waals surface area contributed by atoms with E-state index in [0.717, 1.165) is 0 Å². The number of ether oxygens (including phenoxy) is 1. The number of Topliss-reactive ketones (excluding diaryl/α,β-unsaturated/α-hetero) is 1. The largest absolute Gasteiger partial charge is 0.465 e. The average Bonchev–Trinajstić information content (AvgIpc) is 2.34. The van der Waals surface area contributed by atoms with Gasteiger partial charge in [0.15, 0.2) is 5.78 Å². The Hall–Kier alpha value is -1.43. The lowest BCUT2D eigenvalue weighted by molar-refractivity contribution is -0.158. The first-order valence-corrected chi connectivity index (χ1v) is 6.46. The van der Waals surface area contributed by atoms with Gasteiger partial charge in [-0.1, -0.05) is 0 Å². The Morgan fingerprint density at radius 2 is 1.95 bits per heavy atom. The molecule has 108 valence electrons. The summed E-state index contributed by atoms with van der Waals surface area (Å²) < 4.78 is 4.90.